The zero-order valence-electron chi connectivity index (χ0n) is 13.7. The summed E-state index contributed by atoms with van der Waals surface area (Å²) in [6.07, 6.45) is 1.95. The van der Waals surface area contributed by atoms with E-state index in [0.717, 1.165) is 24.4 Å². The van der Waals surface area contributed by atoms with E-state index in [1.54, 1.807) is 0 Å². The summed E-state index contributed by atoms with van der Waals surface area (Å²) in [6.45, 7) is 8.33. The molecule has 1 atom stereocenters. The van der Waals surface area contributed by atoms with E-state index >= 15 is 0 Å². The molecule has 1 N–H and O–H groups in total. The zero-order chi connectivity index (χ0) is 15.9. The average molecular weight is 302 g/mol. The highest BCUT2D eigenvalue weighted by molar-refractivity contribution is 5.15. The number of aromatic nitrogens is 1. The van der Waals surface area contributed by atoms with Crippen molar-refractivity contribution < 1.29 is 9.52 Å². The van der Waals surface area contributed by atoms with Crippen LogP contribution in [0, 0.1) is 0 Å². The van der Waals surface area contributed by atoms with Crippen molar-refractivity contribution in [1.82, 2.24) is 9.88 Å². The number of oxazole rings is 1. The third kappa shape index (κ3) is 4.68. The van der Waals surface area contributed by atoms with Crippen LogP contribution in [0.3, 0.4) is 0 Å². The van der Waals surface area contributed by atoms with E-state index in [4.69, 9.17) is 4.42 Å². The summed E-state index contributed by atoms with van der Waals surface area (Å²) >= 11 is 0. The van der Waals surface area contributed by atoms with Crippen LogP contribution in [0.15, 0.2) is 41.1 Å². The van der Waals surface area contributed by atoms with Crippen LogP contribution in [-0.2, 0) is 13.1 Å². The van der Waals surface area contributed by atoms with E-state index in [-0.39, 0.29) is 6.10 Å². The number of hydrogen-bond donors (Lipinski definition) is 1. The van der Waals surface area contributed by atoms with Crippen LogP contribution in [0.4, 0.5) is 0 Å². The molecule has 1 aromatic heterocycles. The van der Waals surface area contributed by atoms with Crippen LogP contribution in [0.25, 0.3) is 0 Å². The minimum atomic E-state index is -0.321. The molecular formula is C18H26N2O2. The molecule has 0 saturated heterocycles. The molecule has 0 fully saturated rings. The fraction of sp³-hybridized carbons (Fsp3) is 0.500. The second-order valence-corrected chi connectivity index (χ2v) is 6.04. The predicted octanol–water partition coefficient (Wildman–Crippen LogP) is 3.57. The second kappa shape index (κ2) is 8.11. The number of aliphatic hydroxyl groups is 1. The molecule has 0 saturated carbocycles. The SMILES string of the molecule is CCC(O)CN(Cc1ccccc1)Cc1ncoc1C(C)C. The summed E-state index contributed by atoms with van der Waals surface area (Å²) in [5, 5.41) is 10.0. The number of hydrogen-bond acceptors (Lipinski definition) is 4. The van der Waals surface area contributed by atoms with Gasteiger partial charge in [-0.05, 0) is 12.0 Å². The molecule has 0 aliphatic heterocycles. The van der Waals surface area contributed by atoms with Gasteiger partial charge in [0.1, 0.15) is 5.76 Å². The Balaban J connectivity index is 2.11. The van der Waals surface area contributed by atoms with Crippen LogP contribution in [0.5, 0.6) is 0 Å². The molecule has 0 aliphatic rings. The molecule has 2 rings (SSSR count). The lowest BCUT2D eigenvalue weighted by Crippen LogP contribution is -2.31. The number of nitrogens with zero attached hydrogens (tertiary/aromatic N) is 2. The van der Waals surface area contributed by atoms with Crippen molar-refractivity contribution in [3.63, 3.8) is 0 Å². The van der Waals surface area contributed by atoms with Gasteiger partial charge < -0.3 is 9.52 Å². The average Bonchev–Trinajstić information content (AvgIpc) is 2.96. The van der Waals surface area contributed by atoms with Gasteiger partial charge in [-0.25, -0.2) is 4.98 Å². The predicted molar refractivity (Wildman–Crippen MR) is 87.4 cm³/mol. The second-order valence-electron chi connectivity index (χ2n) is 6.04. The molecule has 22 heavy (non-hydrogen) atoms. The van der Waals surface area contributed by atoms with Gasteiger partial charge in [-0.3, -0.25) is 4.90 Å². The van der Waals surface area contributed by atoms with E-state index in [2.05, 4.69) is 35.9 Å². The largest absolute Gasteiger partial charge is 0.448 e. The molecule has 2 aromatic rings. The lowest BCUT2D eigenvalue weighted by atomic mass is 10.1. The van der Waals surface area contributed by atoms with Crippen molar-refractivity contribution >= 4 is 0 Å². The van der Waals surface area contributed by atoms with Gasteiger partial charge in [0.05, 0.1) is 11.8 Å². The third-order valence-corrected chi connectivity index (χ3v) is 3.76. The fourth-order valence-electron chi connectivity index (χ4n) is 2.53. The topological polar surface area (TPSA) is 49.5 Å². The standard InChI is InChI=1S/C18H26N2O2/c1-4-16(21)11-20(10-15-8-6-5-7-9-15)12-17-18(14(2)3)22-13-19-17/h5-9,13-14,16,21H,4,10-12H2,1-3H3. The molecule has 0 aliphatic carbocycles. The van der Waals surface area contributed by atoms with Crippen LogP contribution < -0.4 is 0 Å². The van der Waals surface area contributed by atoms with Crippen LogP contribution >= 0.6 is 0 Å². The maximum atomic E-state index is 10.0. The van der Waals surface area contributed by atoms with Crippen LogP contribution in [-0.4, -0.2) is 27.6 Å². The highest BCUT2D eigenvalue weighted by Gasteiger charge is 2.17. The van der Waals surface area contributed by atoms with E-state index in [0.29, 0.717) is 19.0 Å². The first kappa shape index (κ1) is 16.7. The van der Waals surface area contributed by atoms with E-state index in [9.17, 15) is 5.11 Å². The summed E-state index contributed by atoms with van der Waals surface area (Å²) in [4.78, 5) is 6.59. The molecule has 0 bridgehead atoms. The summed E-state index contributed by atoms with van der Waals surface area (Å²) < 4.78 is 5.51. The Morgan fingerprint density at radius 3 is 2.55 bits per heavy atom. The molecule has 0 spiro atoms. The van der Waals surface area contributed by atoms with Crippen molar-refractivity contribution in [2.24, 2.45) is 0 Å². The minimum Gasteiger partial charge on any atom is -0.448 e. The molecule has 1 unspecified atom stereocenters. The van der Waals surface area contributed by atoms with Gasteiger partial charge in [-0.2, -0.15) is 0 Å². The number of benzene rings is 1. The monoisotopic (exact) mass is 302 g/mol. The quantitative estimate of drug-likeness (QED) is 0.810. The maximum absolute atomic E-state index is 10.0. The van der Waals surface area contributed by atoms with Gasteiger partial charge in [-0.1, -0.05) is 51.1 Å². The Morgan fingerprint density at radius 1 is 1.18 bits per heavy atom. The maximum Gasteiger partial charge on any atom is 0.181 e. The Bertz CT molecular complexity index is 551. The molecule has 120 valence electrons. The molecule has 1 heterocycles. The van der Waals surface area contributed by atoms with Gasteiger partial charge in [0, 0.05) is 25.6 Å². The Hall–Kier alpha value is -1.65. The summed E-state index contributed by atoms with van der Waals surface area (Å²) in [7, 11) is 0. The fourth-order valence-corrected chi connectivity index (χ4v) is 2.53. The van der Waals surface area contributed by atoms with Crippen molar-refractivity contribution in [3.8, 4) is 0 Å². The molecule has 0 amide bonds. The van der Waals surface area contributed by atoms with E-state index in [1.807, 2.05) is 25.1 Å². The molecule has 0 radical (unpaired) electrons. The first-order valence-corrected chi connectivity index (χ1v) is 7.96. The van der Waals surface area contributed by atoms with Gasteiger partial charge >= 0.3 is 0 Å². The molecule has 4 heteroatoms. The summed E-state index contributed by atoms with van der Waals surface area (Å²) in [5.41, 5.74) is 2.20. The Kier molecular flexibility index (Phi) is 6.16. The van der Waals surface area contributed by atoms with Gasteiger partial charge in [0.2, 0.25) is 0 Å². The number of aliphatic hydroxyl groups excluding tert-OH is 1. The Morgan fingerprint density at radius 2 is 1.91 bits per heavy atom. The summed E-state index contributed by atoms with van der Waals surface area (Å²) in [6, 6.07) is 10.3. The van der Waals surface area contributed by atoms with Crippen LogP contribution in [0.1, 0.15) is 50.1 Å². The van der Waals surface area contributed by atoms with Crippen molar-refractivity contribution in [1.29, 1.82) is 0 Å². The van der Waals surface area contributed by atoms with E-state index < -0.39 is 0 Å². The van der Waals surface area contributed by atoms with Gasteiger partial charge in [0.25, 0.3) is 0 Å². The van der Waals surface area contributed by atoms with Crippen molar-refractivity contribution in [2.75, 3.05) is 6.54 Å². The van der Waals surface area contributed by atoms with Gasteiger partial charge in [0.15, 0.2) is 6.39 Å². The lowest BCUT2D eigenvalue weighted by molar-refractivity contribution is 0.100. The summed E-state index contributed by atoms with van der Waals surface area (Å²) in [5.74, 6) is 1.25. The molecular weight excluding hydrogens is 276 g/mol. The van der Waals surface area contributed by atoms with Crippen molar-refractivity contribution in [3.05, 3.63) is 53.7 Å². The first-order valence-electron chi connectivity index (χ1n) is 7.96. The first-order chi connectivity index (χ1) is 10.6. The zero-order valence-corrected chi connectivity index (χ0v) is 13.7. The smallest absolute Gasteiger partial charge is 0.181 e. The van der Waals surface area contributed by atoms with Crippen molar-refractivity contribution in [2.45, 2.75) is 52.3 Å². The van der Waals surface area contributed by atoms with E-state index in [1.165, 1.54) is 12.0 Å². The molecule has 4 nitrogen and oxygen atoms in total. The highest BCUT2D eigenvalue weighted by Crippen LogP contribution is 2.20. The lowest BCUT2D eigenvalue weighted by Gasteiger charge is -2.24. The highest BCUT2D eigenvalue weighted by atomic mass is 16.3. The minimum absolute atomic E-state index is 0.312. The Labute approximate surface area is 132 Å². The molecule has 1 aromatic carbocycles. The van der Waals surface area contributed by atoms with Crippen LogP contribution in [0.2, 0.25) is 0 Å². The normalized spacial score (nSPS) is 13.0. The number of rotatable bonds is 8. The van der Waals surface area contributed by atoms with Gasteiger partial charge in [-0.15, -0.1) is 0 Å². The third-order valence-electron chi connectivity index (χ3n) is 3.76.